The SMILES string of the molecule is O=C(Oc1ccc(OC(=O)c2ccc3c(c2)C(=O)OC3=O)c(C(=O)OCc2ccc(C(=O)OC3c4ccccc4-c4ccccc43)cc2)c1)c1ccc2c(c1)C(=O)OC2=O. The van der Waals surface area contributed by atoms with E-state index in [0.717, 1.165) is 40.5 Å². The summed E-state index contributed by atoms with van der Waals surface area (Å²) in [6.45, 7) is -0.306. The van der Waals surface area contributed by atoms with Gasteiger partial charge in [0.15, 0.2) is 6.10 Å². The molecule has 2 aliphatic heterocycles. The van der Waals surface area contributed by atoms with E-state index in [2.05, 4.69) is 9.47 Å². The van der Waals surface area contributed by atoms with Gasteiger partial charge >= 0.3 is 47.8 Å². The quantitative estimate of drug-likeness (QED) is 0.0626. The normalized spacial score (nSPS) is 13.3. The van der Waals surface area contributed by atoms with Gasteiger partial charge in [0, 0.05) is 11.1 Å². The Kier molecular flexibility index (Phi) is 9.13. The average Bonchev–Trinajstić information content (AvgIpc) is 3.85. The first-order valence-electron chi connectivity index (χ1n) is 18.1. The fourth-order valence-corrected chi connectivity index (χ4v) is 6.95. The minimum absolute atomic E-state index is 0.0180. The smallest absolute Gasteiger partial charge is 0.346 e. The van der Waals surface area contributed by atoms with E-state index in [1.54, 1.807) is 12.1 Å². The lowest BCUT2D eigenvalue weighted by molar-refractivity contribution is 0.0380. The van der Waals surface area contributed by atoms with Crippen LogP contribution in [-0.2, 0) is 25.6 Å². The van der Waals surface area contributed by atoms with Crippen LogP contribution in [0.4, 0.5) is 0 Å². The number of fused-ring (bicyclic) bond motifs is 5. The van der Waals surface area contributed by atoms with Gasteiger partial charge < -0.3 is 28.4 Å². The lowest BCUT2D eigenvalue weighted by Crippen LogP contribution is -2.15. The first-order valence-corrected chi connectivity index (χ1v) is 18.1. The summed E-state index contributed by atoms with van der Waals surface area (Å²) in [5.41, 5.74) is 3.52. The Hall–Kier alpha value is -8.52. The molecule has 9 rings (SSSR count). The summed E-state index contributed by atoms with van der Waals surface area (Å²) in [6.07, 6.45) is -0.592. The van der Waals surface area contributed by atoms with Crippen LogP contribution in [0.3, 0.4) is 0 Å². The first kappa shape index (κ1) is 37.1. The Morgan fingerprint density at radius 3 is 1.57 bits per heavy atom. The molecule has 0 bridgehead atoms. The van der Waals surface area contributed by atoms with E-state index < -0.39 is 53.9 Å². The highest BCUT2D eigenvalue weighted by molar-refractivity contribution is 6.16. The summed E-state index contributed by atoms with van der Waals surface area (Å²) >= 11 is 0. The number of ether oxygens (including phenoxy) is 6. The first-order chi connectivity index (χ1) is 29.0. The fraction of sp³-hybridized carbons (Fsp3) is 0.0435. The Morgan fingerprint density at radius 1 is 0.467 bits per heavy atom. The van der Waals surface area contributed by atoms with Crippen molar-refractivity contribution in [2.75, 3.05) is 0 Å². The predicted octanol–water partition coefficient (Wildman–Crippen LogP) is 7.03. The molecule has 6 aromatic carbocycles. The molecule has 0 N–H and O–H groups in total. The molecule has 0 atom stereocenters. The van der Waals surface area contributed by atoms with E-state index in [4.69, 9.17) is 18.9 Å². The van der Waals surface area contributed by atoms with Crippen molar-refractivity contribution in [3.05, 3.63) is 189 Å². The third-order valence-electron chi connectivity index (χ3n) is 9.91. The summed E-state index contributed by atoms with van der Waals surface area (Å²) in [5.74, 6) is -7.67. The third-order valence-corrected chi connectivity index (χ3v) is 9.91. The molecular weight excluding hydrogens is 776 g/mol. The van der Waals surface area contributed by atoms with Gasteiger partial charge in [-0.25, -0.2) is 38.4 Å². The van der Waals surface area contributed by atoms with E-state index in [0.29, 0.717) is 5.56 Å². The molecule has 0 saturated carbocycles. The van der Waals surface area contributed by atoms with Gasteiger partial charge in [0.05, 0.1) is 38.9 Å². The number of hydrogen-bond donors (Lipinski definition) is 0. The maximum atomic E-state index is 13.7. The molecule has 60 heavy (non-hydrogen) atoms. The zero-order valence-electron chi connectivity index (χ0n) is 30.6. The molecule has 3 aliphatic rings. The van der Waals surface area contributed by atoms with Gasteiger partial charge in [0.25, 0.3) is 0 Å². The van der Waals surface area contributed by atoms with Crippen LogP contribution >= 0.6 is 0 Å². The zero-order valence-corrected chi connectivity index (χ0v) is 30.6. The summed E-state index contributed by atoms with van der Waals surface area (Å²) < 4.78 is 31.7. The van der Waals surface area contributed by atoms with Crippen molar-refractivity contribution in [3.63, 3.8) is 0 Å². The zero-order chi connectivity index (χ0) is 41.7. The molecule has 0 fully saturated rings. The number of carbonyl (C=O) groups is 8. The van der Waals surface area contributed by atoms with Crippen LogP contribution in [0.25, 0.3) is 11.1 Å². The van der Waals surface area contributed by atoms with Gasteiger partial charge in [-0.3, -0.25) is 0 Å². The molecule has 0 amide bonds. The molecule has 0 saturated heterocycles. The number of carbonyl (C=O) groups excluding carboxylic acids is 8. The molecule has 1 aliphatic carbocycles. The standard InChI is InChI=1S/C46H24O14/c47-39(58-38-30-7-3-1-5-28(30)29-6-2-4-8-31(29)38)24-11-9-23(10-12-24)22-55-42(50)36-21-27(56-40(48)25-13-16-32-34(19-25)45(53)59-43(32)51)15-18-37(36)57-41(49)26-14-17-33-35(20-26)46(54)60-44(33)52/h1-21,38H,22H2. The average molecular weight is 801 g/mol. The van der Waals surface area contributed by atoms with E-state index in [1.165, 1.54) is 48.5 Å². The van der Waals surface area contributed by atoms with E-state index in [1.807, 2.05) is 48.5 Å². The largest absolute Gasteiger partial charge is 0.457 e. The van der Waals surface area contributed by atoms with Crippen molar-refractivity contribution < 1.29 is 66.8 Å². The van der Waals surface area contributed by atoms with E-state index >= 15 is 0 Å². The van der Waals surface area contributed by atoms with Gasteiger partial charge in [-0.15, -0.1) is 0 Å². The van der Waals surface area contributed by atoms with Crippen molar-refractivity contribution >= 4 is 47.8 Å². The summed E-state index contributed by atoms with van der Waals surface area (Å²) in [4.78, 5) is 101. The van der Waals surface area contributed by atoms with Gasteiger partial charge in [0.1, 0.15) is 23.7 Å². The summed E-state index contributed by atoms with van der Waals surface area (Å²) in [5, 5.41) is 0. The van der Waals surface area contributed by atoms with Crippen LogP contribution in [0, 0.1) is 0 Å². The molecule has 14 heteroatoms. The second-order valence-electron chi connectivity index (χ2n) is 13.5. The highest BCUT2D eigenvalue weighted by Gasteiger charge is 2.34. The highest BCUT2D eigenvalue weighted by Crippen LogP contribution is 2.45. The molecule has 0 aromatic heterocycles. The Morgan fingerprint density at radius 2 is 0.983 bits per heavy atom. The molecule has 292 valence electrons. The number of hydrogen-bond acceptors (Lipinski definition) is 14. The fourth-order valence-electron chi connectivity index (χ4n) is 6.95. The Balaban J connectivity index is 0.926. The van der Waals surface area contributed by atoms with Crippen LogP contribution in [0.15, 0.2) is 127 Å². The van der Waals surface area contributed by atoms with E-state index in [9.17, 15) is 38.4 Å². The lowest BCUT2D eigenvalue weighted by Gasteiger charge is -2.15. The van der Waals surface area contributed by atoms with Gasteiger partial charge in [0.2, 0.25) is 0 Å². The molecular formula is C46H24O14. The molecule has 0 radical (unpaired) electrons. The maximum absolute atomic E-state index is 13.7. The number of esters is 8. The second kappa shape index (κ2) is 14.8. The van der Waals surface area contributed by atoms with Crippen LogP contribution in [0.1, 0.15) is 106 Å². The molecule has 0 spiro atoms. The number of benzene rings is 6. The highest BCUT2D eigenvalue weighted by atomic mass is 16.6. The van der Waals surface area contributed by atoms with Crippen LogP contribution in [0.2, 0.25) is 0 Å². The topological polar surface area (TPSA) is 192 Å². The second-order valence-corrected chi connectivity index (χ2v) is 13.5. The third kappa shape index (κ3) is 6.73. The minimum atomic E-state index is -1.02. The van der Waals surface area contributed by atoms with Gasteiger partial charge in [-0.1, -0.05) is 60.7 Å². The molecule has 6 aromatic rings. The van der Waals surface area contributed by atoms with Crippen LogP contribution < -0.4 is 9.47 Å². The summed E-state index contributed by atoms with van der Waals surface area (Å²) in [6, 6.07) is 32.3. The number of cyclic esters (lactones) is 4. The Labute approximate surface area is 337 Å². The van der Waals surface area contributed by atoms with Crippen molar-refractivity contribution in [1.82, 2.24) is 0 Å². The summed E-state index contributed by atoms with van der Waals surface area (Å²) in [7, 11) is 0. The van der Waals surface area contributed by atoms with Crippen LogP contribution in [-0.4, -0.2) is 47.8 Å². The maximum Gasteiger partial charge on any atom is 0.346 e. The predicted molar refractivity (Wildman–Crippen MR) is 203 cm³/mol. The molecule has 14 nitrogen and oxygen atoms in total. The van der Waals surface area contributed by atoms with Gasteiger partial charge in [-0.05, 0) is 83.4 Å². The van der Waals surface area contributed by atoms with E-state index in [-0.39, 0.29) is 62.6 Å². The van der Waals surface area contributed by atoms with Gasteiger partial charge in [-0.2, -0.15) is 0 Å². The van der Waals surface area contributed by atoms with Crippen LogP contribution in [0.5, 0.6) is 11.5 Å². The number of rotatable bonds is 9. The van der Waals surface area contributed by atoms with Crippen molar-refractivity contribution in [3.8, 4) is 22.6 Å². The Bertz CT molecular complexity index is 2860. The minimum Gasteiger partial charge on any atom is -0.457 e. The monoisotopic (exact) mass is 800 g/mol. The van der Waals surface area contributed by atoms with Crippen molar-refractivity contribution in [2.45, 2.75) is 12.7 Å². The van der Waals surface area contributed by atoms with Crippen molar-refractivity contribution in [2.24, 2.45) is 0 Å². The lowest BCUT2D eigenvalue weighted by atomic mass is 10.1. The van der Waals surface area contributed by atoms with Crippen molar-refractivity contribution in [1.29, 1.82) is 0 Å². The molecule has 2 heterocycles. The molecule has 0 unspecified atom stereocenters.